The Morgan fingerprint density at radius 1 is 1.58 bits per heavy atom. The van der Waals surface area contributed by atoms with Gasteiger partial charge in [0.2, 0.25) is 0 Å². The van der Waals surface area contributed by atoms with Crippen LogP contribution in [-0.4, -0.2) is 34.9 Å². The molecular weight excluding hydrogens is 468 g/mol. The van der Waals surface area contributed by atoms with Gasteiger partial charge in [-0.3, -0.25) is 4.68 Å². The summed E-state index contributed by atoms with van der Waals surface area (Å²) in [4.78, 5) is 4.01. The van der Waals surface area contributed by atoms with Crippen LogP contribution in [0.3, 0.4) is 0 Å². The van der Waals surface area contributed by atoms with Crippen LogP contribution in [-0.2, 0) is 11.3 Å². The second kappa shape index (κ2) is 6.13. The van der Waals surface area contributed by atoms with Crippen LogP contribution in [0.25, 0.3) is 0 Å². The number of hydrogen-bond acceptors (Lipinski definition) is 3. The van der Waals surface area contributed by atoms with E-state index in [2.05, 4.69) is 52.9 Å². The van der Waals surface area contributed by atoms with Crippen molar-refractivity contribution in [2.75, 3.05) is 6.61 Å². The second-order valence-corrected chi connectivity index (χ2v) is 8.30. The molecule has 6 heteroatoms. The van der Waals surface area contributed by atoms with Crippen molar-refractivity contribution in [3.8, 4) is 0 Å². The smallest absolute Gasteiger partial charge is 0.137 e. The largest absolute Gasteiger partial charge is 0.371 e. The first-order valence-electron chi connectivity index (χ1n) is 6.20. The fraction of sp³-hybridized carbons (Fsp3) is 0.462. The summed E-state index contributed by atoms with van der Waals surface area (Å²) in [6.07, 6.45) is 9.93. The number of rotatable bonds is 5. The summed E-state index contributed by atoms with van der Waals surface area (Å²) in [7, 11) is 0. The molecule has 0 aromatic carbocycles. The molecule has 0 N–H and O–H groups in total. The van der Waals surface area contributed by atoms with Crippen molar-refractivity contribution in [2.24, 2.45) is 0 Å². The number of aromatic nitrogens is 3. The topological polar surface area (TPSA) is 39.9 Å². The third kappa shape index (κ3) is 3.15. The fourth-order valence-corrected chi connectivity index (χ4v) is 4.78. The SMILES string of the molecule is IC1COC1(CCC1=CC=CI=C1)Cn1cncn1. The lowest BCUT2D eigenvalue weighted by molar-refractivity contribution is -0.147. The van der Waals surface area contributed by atoms with Gasteiger partial charge in [0.15, 0.2) is 0 Å². The first kappa shape index (κ1) is 13.9. The van der Waals surface area contributed by atoms with Crippen LogP contribution >= 0.6 is 43.3 Å². The molecule has 1 aromatic rings. The summed E-state index contributed by atoms with van der Waals surface area (Å²) < 4.78 is 13.1. The predicted octanol–water partition coefficient (Wildman–Crippen LogP) is 2.86. The molecule has 2 aliphatic rings. The number of nitrogens with zero attached hydrogens (tertiary/aromatic N) is 3. The Balaban J connectivity index is 1.66. The highest BCUT2D eigenvalue weighted by Crippen LogP contribution is 2.39. The van der Waals surface area contributed by atoms with Gasteiger partial charge in [0.1, 0.15) is 18.3 Å². The molecule has 0 radical (unpaired) electrons. The Morgan fingerprint density at radius 2 is 2.53 bits per heavy atom. The molecule has 19 heavy (non-hydrogen) atoms. The molecule has 0 amide bonds. The molecule has 2 aliphatic heterocycles. The minimum absolute atomic E-state index is 0.0670. The Hall–Kier alpha value is -0.0900. The van der Waals surface area contributed by atoms with E-state index in [1.807, 2.05) is 4.68 Å². The van der Waals surface area contributed by atoms with Gasteiger partial charge in [-0.25, -0.2) is 4.98 Å². The fourth-order valence-electron chi connectivity index (χ4n) is 2.27. The maximum atomic E-state index is 5.95. The number of allylic oxidation sites excluding steroid dienone is 3. The molecule has 0 bridgehead atoms. The van der Waals surface area contributed by atoms with E-state index in [-0.39, 0.29) is 26.3 Å². The van der Waals surface area contributed by atoms with Crippen LogP contribution in [0.15, 0.2) is 34.5 Å². The molecule has 1 aromatic heterocycles. The van der Waals surface area contributed by atoms with E-state index in [0.717, 1.165) is 26.0 Å². The molecule has 2 atom stereocenters. The Morgan fingerprint density at radius 3 is 3.11 bits per heavy atom. The highest BCUT2D eigenvalue weighted by atomic mass is 127. The van der Waals surface area contributed by atoms with Gasteiger partial charge < -0.3 is 4.74 Å². The van der Waals surface area contributed by atoms with Crippen LogP contribution < -0.4 is 0 Å². The lowest BCUT2D eigenvalue weighted by Gasteiger charge is -2.46. The van der Waals surface area contributed by atoms with E-state index in [1.165, 1.54) is 5.57 Å². The summed E-state index contributed by atoms with van der Waals surface area (Å²) in [6.45, 7) is 1.66. The molecule has 3 rings (SSSR count). The van der Waals surface area contributed by atoms with Gasteiger partial charge in [-0.15, -0.1) is 0 Å². The van der Waals surface area contributed by atoms with Gasteiger partial charge in [0, 0.05) is 0 Å². The summed E-state index contributed by atoms with van der Waals surface area (Å²) in [5, 5.41) is 4.21. The van der Waals surface area contributed by atoms with E-state index < -0.39 is 0 Å². The number of alkyl halides is 1. The lowest BCUT2D eigenvalue weighted by Crippen LogP contribution is -2.57. The first-order valence-corrected chi connectivity index (χ1v) is 9.93. The summed E-state index contributed by atoms with van der Waals surface area (Å²) >= 11 is 2.65. The summed E-state index contributed by atoms with van der Waals surface area (Å²) in [5.41, 5.74) is 1.40. The van der Waals surface area contributed by atoms with Crippen molar-refractivity contribution in [1.29, 1.82) is 0 Å². The monoisotopic (exact) mass is 483 g/mol. The van der Waals surface area contributed by atoms with Crippen LogP contribution in [0.5, 0.6) is 0 Å². The van der Waals surface area contributed by atoms with E-state index in [1.54, 1.807) is 12.7 Å². The van der Waals surface area contributed by atoms with Crippen LogP contribution in [0.2, 0.25) is 0 Å². The zero-order valence-corrected chi connectivity index (χ0v) is 14.7. The molecule has 4 nitrogen and oxygen atoms in total. The van der Waals surface area contributed by atoms with Gasteiger partial charge in [0.25, 0.3) is 0 Å². The molecule has 1 fully saturated rings. The predicted molar refractivity (Wildman–Crippen MR) is 93.1 cm³/mol. The normalized spacial score (nSPS) is 29.5. The third-order valence-corrected chi connectivity index (χ3v) is 6.96. The minimum Gasteiger partial charge on any atom is -0.371 e. The molecule has 102 valence electrons. The molecule has 0 spiro atoms. The number of hydrogen-bond donors (Lipinski definition) is 0. The van der Waals surface area contributed by atoms with Gasteiger partial charge in [-0.2, -0.15) is 5.10 Å². The zero-order chi connectivity index (χ0) is 13.1. The highest BCUT2D eigenvalue weighted by molar-refractivity contribution is 14.2. The Bertz CT molecular complexity index is 524. The van der Waals surface area contributed by atoms with Gasteiger partial charge in [-0.1, -0.05) is 55.5 Å². The molecule has 0 saturated carbocycles. The molecule has 2 unspecified atom stereocenters. The van der Waals surface area contributed by atoms with Gasteiger partial charge in [-0.05, 0) is 26.5 Å². The average molecular weight is 483 g/mol. The lowest BCUT2D eigenvalue weighted by atomic mass is 9.87. The van der Waals surface area contributed by atoms with E-state index in [0.29, 0.717) is 3.92 Å². The van der Waals surface area contributed by atoms with E-state index in [9.17, 15) is 0 Å². The number of halogens is 2. The third-order valence-electron chi connectivity index (χ3n) is 3.48. The Kier molecular flexibility index (Phi) is 4.47. The van der Waals surface area contributed by atoms with Crippen LogP contribution in [0.4, 0.5) is 0 Å². The van der Waals surface area contributed by atoms with Crippen LogP contribution in [0, 0.1) is 0 Å². The van der Waals surface area contributed by atoms with E-state index in [4.69, 9.17) is 4.74 Å². The van der Waals surface area contributed by atoms with Crippen LogP contribution in [0.1, 0.15) is 12.8 Å². The van der Waals surface area contributed by atoms with Crippen molar-refractivity contribution in [2.45, 2.75) is 28.9 Å². The number of ether oxygens (including phenoxy) is 1. The minimum atomic E-state index is -0.0670. The quantitative estimate of drug-likeness (QED) is 0.478. The molecule has 0 aliphatic carbocycles. The molecule has 1 saturated heterocycles. The summed E-state index contributed by atoms with van der Waals surface area (Å²) in [6, 6.07) is 0. The Labute approximate surface area is 136 Å². The van der Waals surface area contributed by atoms with Gasteiger partial charge >= 0.3 is 0 Å². The van der Waals surface area contributed by atoms with Crippen molar-refractivity contribution >= 4 is 47.3 Å². The van der Waals surface area contributed by atoms with Crippen molar-refractivity contribution in [3.63, 3.8) is 0 Å². The van der Waals surface area contributed by atoms with Gasteiger partial charge in [0.05, 0.1) is 17.1 Å². The van der Waals surface area contributed by atoms with Crippen molar-refractivity contribution in [1.82, 2.24) is 14.8 Å². The zero-order valence-electron chi connectivity index (χ0n) is 10.4. The second-order valence-electron chi connectivity index (χ2n) is 4.73. The first-order chi connectivity index (χ1) is 9.28. The maximum absolute atomic E-state index is 5.95. The highest BCUT2D eigenvalue weighted by Gasteiger charge is 2.47. The van der Waals surface area contributed by atoms with Crippen molar-refractivity contribution < 1.29 is 4.74 Å². The molecular formula is C13H15I2N3O. The van der Waals surface area contributed by atoms with E-state index >= 15 is 0 Å². The summed E-state index contributed by atoms with van der Waals surface area (Å²) in [5.74, 6) is 0. The standard InChI is InChI=1S/C13H15I2N3O/c14-12-7-19-13(12,8-18-10-16-9-17-18)4-3-11-2-1-5-15-6-11/h1-2,5-6,9-10,12H,3-4,7-8H2. The molecule has 3 heterocycles. The van der Waals surface area contributed by atoms with Crippen molar-refractivity contribution in [3.05, 3.63) is 34.5 Å². The average Bonchev–Trinajstić information content (AvgIpc) is 2.95. The maximum Gasteiger partial charge on any atom is 0.137 e.